The van der Waals surface area contributed by atoms with Gasteiger partial charge < -0.3 is 15.2 Å². The van der Waals surface area contributed by atoms with Crippen molar-refractivity contribution in [2.24, 2.45) is 0 Å². The fourth-order valence-electron chi connectivity index (χ4n) is 2.08. The van der Waals surface area contributed by atoms with Crippen molar-refractivity contribution in [3.8, 4) is 5.75 Å². The first-order chi connectivity index (χ1) is 8.56. The first kappa shape index (κ1) is 13.2. The monoisotopic (exact) mass is 269 g/mol. The molecule has 0 saturated carbocycles. The van der Waals surface area contributed by atoms with E-state index in [1.807, 2.05) is 6.92 Å². The van der Waals surface area contributed by atoms with E-state index < -0.39 is 0 Å². The molecule has 1 saturated heterocycles. The van der Waals surface area contributed by atoms with Crippen molar-refractivity contribution in [1.29, 1.82) is 0 Å². The minimum absolute atomic E-state index is 0.0323. The van der Waals surface area contributed by atoms with Crippen LogP contribution in [0.1, 0.15) is 30.1 Å². The standard InChI is InChI=1S/C13H16ClNO3/c1-8-6-9(4-5-18-8)15-13(17)11-7-10(16)2-3-12(11)14/h2-3,7-9,16H,4-6H2,1H3,(H,15,17). The van der Waals surface area contributed by atoms with Gasteiger partial charge in [-0.05, 0) is 38.0 Å². The molecule has 0 aromatic heterocycles. The zero-order valence-electron chi connectivity index (χ0n) is 10.1. The molecule has 1 fully saturated rings. The number of hydrogen-bond acceptors (Lipinski definition) is 3. The summed E-state index contributed by atoms with van der Waals surface area (Å²) in [5.41, 5.74) is 0.302. The van der Waals surface area contributed by atoms with E-state index in [4.69, 9.17) is 16.3 Å². The Hall–Kier alpha value is -1.26. The number of rotatable bonds is 2. The predicted molar refractivity (Wildman–Crippen MR) is 69.0 cm³/mol. The summed E-state index contributed by atoms with van der Waals surface area (Å²) in [5.74, 6) is -0.222. The summed E-state index contributed by atoms with van der Waals surface area (Å²) >= 11 is 5.94. The Morgan fingerprint density at radius 1 is 1.56 bits per heavy atom. The van der Waals surface area contributed by atoms with Gasteiger partial charge in [-0.25, -0.2) is 0 Å². The van der Waals surface area contributed by atoms with Crippen LogP contribution in [-0.4, -0.2) is 29.8 Å². The van der Waals surface area contributed by atoms with Gasteiger partial charge in [0.25, 0.3) is 5.91 Å². The Morgan fingerprint density at radius 3 is 3.06 bits per heavy atom. The summed E-state index contributed by atoms with van der Waals surface area (Å²) in [4.78, 5) is 12.0. The second kappa shape index (κ2) is 5.59. The van der Waals surface area contributed by atoms with Crippen LogP contribution in [0.3, 0.4) is 0 Å². The molecule has 1 heterocycles. The Labute approximate surface area is 111 Å². The minimum atomic E-state index is -0.255. The number of halogens is 1. The van der Waals surface area contributed by atoms with E-state index in [-0.39, 0.29) is 23.8 Å². The van der Waals surface area contributed by atoms with E-state index in [0.717, 1.165) is 12.8 Å². The topological polar surface area (TPSA) is 58.6 Å². The molecule has 1 aliphatic heterocycles. The van der Waals surface area contributed by atoms with Gasteiger partial charge >= 0.3 is 0 Å². The quantitative estimate of drug-likeness (QED) is 0.866. The number of hydrogen-bond donors (Lipinski definition) is 2. The number of amides is 1. The van der Waals surface area contributed by atoms with Crippen LogP contribution in [-0.2, 0) is 4.74 Å². The average Bonchev–Trinajstić information content (AvgIpc) is 2.32. The highest BCUT2D eigenvalue weighted by Crippen LogP contribution is 2.22. The van der Waals surface area contributed by atoms with Gasteiger partial charge in [0, 0.05) is 12.6 Å². The highest BCUT2D eigenvalue weighted by Gasteiger charge is 2.22. The first-order valence-electron chi connectivity index (χ1n) is 5.97. The summed E-state index contributed by atoms with van der Waals surface area (Å²) in [6, 6.07) is 4.44. The Morgan fingerprint density at radius 2 is 2.33 bits per heavy atom. The second-order valence-electron chi connectivity index (χ2n) is 4.54. The third kappa shape index (κ3) is 3.15. The Balaban J connectivity index is 2.05. The van der Waals surface area contributed by atoms with Crippen molar-refractivity contribution in [2.75, 3.05) is 6.61 Å². The molecule has 2 rings (SSSR count). The Kier molecular flexibility index (Phi) is 4.09. The molecular weight excluding hydrogens is 254 g/mol. The first-order valence-corrected chi connectivity index (χ1v) is 6.35. The molecule has 1 aromatic carbocycles. The van der Waals surface area contributed by atoms with Crippen LogP contribution >= 0.6 is 11.6 Å². The van der Waals surface area contributed by atoms with Crippen LogP contribution in [0.25, 0.3) is 0 Å². The number of carbonyl (C=O) groups is 1. The number of phenols is 1. The maximum Gasteiger partial charge on any atom is 0.253 e. The summed E-state index contributed by atoms with van der Waals surface area (Å²) in [6.07, 6.45) is 1.75. The van der Waals surface area contributed by atoms with Crippen LogP contribution in [0, 0.1) is 0 Å². The molecule has 0 bridgehead atoms. The van der Waals surface area contributed by atoms with E-state index in [9.17, 15) is 9.90 Å². The van der Waals surface area contributed by atoms with E-state index in [1.165, 1.54) is 18.2 Å². The van der Waals surface area contributed by atoms with Gasteiger partial charge in [0.1, 0.15) is 5.75 Å². The minimum Gasteiger partial charge on any atom is -0.508 e. The van der Waals surface area contributed by atoms with E-state index >= 15 is 0 Å². The van der Waals surface area contributed by atoms with Gasteiger partial charge in [0.2, 0.25) is 0 Å². The lowest BCUT2D eigenvalue weighted by molar-refractivity contribution is 0.0136. The number of aromatic hydroxyl groups is 1. The lowest BCUT2D eigenvalue weighted by Gasteiger charge is -2.28. The van der Waals surface area contributed by atoms with E-state index in [0.29, 0.717) is 17.2 Å². The number of benzene rings is 1. The molecule has 98 valence electrons. The number of nitrogens with one attached hydrogen (secondary N) is 1. The lowest BCUT2D eigenvalue weighted by Crippen LogP contribution is -2.41. The van der Waals surface area contributed by atoms with Crippen molar-refractivity contribution >= 4 is 17.5 Å². The van der Waals surface area contributed by atoms with Gasteiger partial charge in [-0.1, -0.05) is 11.6 Å². The molecular formula is C13H16ClNO3. The molecule has 1 aromatic rings. The van der Waals surface area contributed by atoms with Crippen molar-refractivity contribution in [3.63, 3.8) is 0 Å². The zero-order chi connectivity index (χ0) is 13.1. The third-order valence-electron chi connectivity index (χ3n) is 3.01. The average molecular weight is 270 g/mol. The van der Waals surface area contributed by atoms with Gasteiger partial charge in [-0.2, -0.15) is 0 Å². The molecule has 5 heteroatoms. The molecule has 2 N–H and O–H groups in total. The largest absolute Gasteiger partial charge is 0.508 e. The number of ether oxygens (including phenoxy) is 1. The maximum atomic E-state index is 12.0. The molecule has 2 unspecified atom stereocenters. The van der Waals surface area contributed by atoms with Crippen LogP contribution in [0.2, 0.25) is 5.02 Å². The van der Waals surface area contributed by atoms with E-state index in [1.54, 1.807) is 0 Å². The highest BCUT2D eigenvalue weighted by atomic mass is 35.5. The fourth-order valence-corrected chi connectivity index (χ4v) is 2.28. The normalized spacial score (nSPS) is 23.7. The van der Waals surface area contributed by atoms with Crippen molar-refractivity contribution in [2.45, 2.75) is 31.9 Å². The molecule has 18 heavy (non-hydrogen) atoms. The molecule has 0 radical (unpaired) electrons. The predicted octanol–water partition coefficient (Wildman–Crippen LogP) is 2.34. The summed E-state index contributed by atoms with van der Waals surface area (Å²) in [6.45, 7) is 2.64. The molecule has 0 aliphatic carbocycles. The maximum absolute atomic E-state index is 12.0. The fraction of sp³-hybridized carbons (Fsp3) is 0.462. The van der Waals surface area contributed by atoms with Crippen molar-refractivity contribution in [3.05, 3.63) is 28.8 Å². The summed E-state index contributed by atoms with van der Waals surface area (Å²) < 4.78 is 5.42. The van der Waals surface area contributed by atoms with Gasteiger partial charge in [-0.3, -0.25) is 4.79 Å². The van der Waals surface area contributed by atoms with E-state index in [2.05, 4.69) is 5.32 Å². The summed E-state index contributed by atoms with van der Waals surface area (Å²) in [7, 11) is 0. The Bertz CT molecular complexity index is 450. The third-order valence-corrected chi connectivity index (χ3v) is 3.34. The smallest absolute Gasteiger partial charge is 0.253 e. The molecule has 0 spiro atoms. The molecule has 4 nitrogen and oxygen atoms in total. The van der Waals surface area contributed by atoms with Gasteiger partial charge in [0.05, 0.1) is 16.7 Å². The molecule has 2 atom stereocenters. The highest BCUT2D eigenvalue weighted by molar-refractivity contribution is 6.33. The molecule has 1 aliphatic rings. The van der Waals surface area contributed by atoms with Crippen LogP contribution in [0.5, 0.6) is 5.75 Å². The van der Waals surface area contributed by atoms with Crippen LogP contribution in [0.15, 0.2) is 18.2 Å². The lowest BCUT2D eigenvalue weighted by atomic mass is 10.0. The SMILES string of the molecule is CC1CC(NC(=O)c2cc(O)ccc2Cl)CCO1. The number of phenolic OH excluding ortho intramolecular Hbond substituents is 1. The second-order valence-corrected chi connectivity index (χ2v) is 4.95. The molecule has 1 amide bonds. The van der Waals surface area contributed by atoms with Crippen molar-refractivity contribution < 1.29 is 14.6 Å². The van der Waals surface area contributed by atoms with Crippen molar-refractivity contribution in [1.82, 2.24) is 5.32 Å². The number of carbonyl (C=O) groups excluding carboxylic acids is 1. The van der Waals surface area contributed by atoms with Crippen LogP contribution < -0.4 is 5.32 Å². The van der Waals surface area contributed by atoms with Gasteiger partial charge in [0.15, 0.2) is 0 Å². The van der Waals surface area contributed by atoms with Crippen LogP contribution in [0.4, 0.5) is 0 Å². The summed E-state index contributed by atoms with van der Waals surface area (Å²) in [5, 5.41) is 12.6. The zero-order valence-corrected chi connectivity index (χ0v) is 10.9. The van der Waals surface area contributed by atoms with Gasteiger partial charge in [-0.15, -0.1) is 0 Å².